The summed E-state index contributed by atoms with van der Waals surface area (Å²) in [5.74, 6) is 2.94. The second kappa shape index (κ2) is 6.35. The van der Waals surface area contributed by atoms with Gasteiger partial charge in [-0.3, -0.25) is 4.79 Å². The van der Waals surface area contributed by atoms with Crippen molar-refractivity contribution in [2.24, 2.45) is 0 Å². The summed E-state index contributed by atoms with van der Waals surface area (Å²) in [5, 5.41) is 0. The standard InChI is InChI=1S/C22H24O4/c1-22(2)12-19(23)18-10-17(15-6-7-15)20(11-21(18)26-22)25-13-14-4-8-16(24-3)9-5-14/h4-5,8-11,15H,6-7,12-13H2,1-3H3. The molecule has 1 aliphatic heterocycles. The molecule has 0 radical (unpaired) electrons. The first-order chi connectivity index (χ1) is 12.4. The summed E-state index contributed by atoms with van der Waals surface area (Å²) in [5.41, 5.74) is 2.43. The number of benzene rings is 2. The fraction of sp³-hybridized carbons (Fsp3) is 0.409. The molecule has 4 heteroatoms. The number of rotatable bonds is 5. The molecule has 0 aromatic heterocycles. The van der Waals surface area contributed by atoms with E-state index in [1.807, 2.05) is 50.2 Å². The monoisotopic (exact) mass is 352 g/mol. The van der Waals surface area contributed by atoms with Gasteiger partial charge in [0, 0.05) is 6.07 Å². The summed E-state index contributed by atoms with van der Waals surface area (Å²) in [6.07, 6.45) is 2.71. The van der Waals surface area contributed by atoms with E-state index in [2.05, 4.69) is 0 Å². The maximum atomic E-state index is 12.5. The Kier molecular flexibility index (Phi) is 4.14. The second-order valence-electron chi connectivity index (χ2n) is 7.76. The highest BCUT2D eigenvalue weighted by atomic mass is 16.5. The van der Waals surface area contributed by atoms with Crippen LogP contribution in [-0.4, -0.2) is 18.5 Å². The lowest BCUT2D eigenvalue weighted by atomic mass is 9.91. The number of methoxy groups -OCH3 is 1. The topological polar surface area (TPSA) is 44.8 Å². The Morgan fingerprint density at radius 3 is 2.54 bits per heavy atom. The summed E-state index contributed by atoms with van der Waals surface area (Å²) in [7, 11) is 1.66. The van der Waals surface area contributed by atoms with Gasteiger partial charge < -0.3 is 14.2 Å². The molecule has 1 aliphatic carbocycles. The third-order valence-electron chi connectivity index (χ3n) is 4.96. The third-order valence-corrected chi connectivity index (χ3v) is 4.96. The minimum absolute atomic E-state index is 0.153. The van der Waals surface area contributed by atoms with Gasteiger partial charge in [-0.25, -0.2) is 0 Å². The van der Waals surface area contributed by atoms with Crippen LogP contribution in [0.5, 0.6) is 17.2 Å². The van der Waals surface area contributed by atoms with Crippen LogP contribution in [0.4, 0.5) is 0 Å². The molecule has 2 aromatic rings. The molecule has 136 valence electrons. The van der Waals surface area contributed by atoms with E-state index in [1.54, 1.807) is 7.11 Å². The first-order valence-corrected chi connectivity index (χ1v) is 9.11. The lowest BCUT2D eigenvalue weighted by Gasteiger charge is -2.32. The molecule has 0 bridgehead atoms. The van der Waals surface area contributed by atoms with Crippen molar-refractivity contribution in [2.45, 2.75) is 51.2 Å². The Bertz CT molecular complexity index is 832. The lowest BCUT2D eigenvalue weighted by molar-refractivity contribution is 0.0617. The SMILES string of the molecule is COc1ccc(COc2cc3c(cc2C2CC2)C(=O)CC(C)(C)O3)cc1. The van der Waals surface area contributed by atoms with Crippen molar-refractivity contribution in [1.29, 1.82) is 0 Å². The van der Waals surface area contributed by atoms with Crippen molar-refractivity contribution >= 4 is 5.78 Å². The Hall–Kier alpha value is -2.49. The molecule has 4 rings (SSSR count). The van der Waals surface area contributed by atoms with Crippen molar-refractivity contribution < 1.29 is 19.0 Å². The molecule has 0 saturated heterocycles. The molecule has 26 heavy (non-hydrogen) atoms. The van der Waals surface area contributed by atoms with E-state index in [-0.39, 0.29) is 5.78 Å². The zero-order valence-electron chi connectivity index (χ0n) is 15.5. The van der Waals surface area contributed by atoms with Crippen LogP contribution in [0.3, 0.4) is 0 Å². The van der Waals surface area contributed by atoms with Crippen molar-refractivity contribution in [3.05, 3.63) is 53.1 Å². The maximum absolute atomic E-state index is 12.5. The smallest absolute Gasteiger partial charge is 0.170 e. The number of ether oxygens (including phenoxy) is 3. The molecule has 2 aromatic carbocycles. The van der Waals surface area contributed by atoms with Gasteiger partial charge >= 0.3 is 0 Å². The number of ketones is 1. The van der Waals surface area contributed by atoms with Gasteiger partial charge in [-0.1, -0.05) is 12.1 Å². The van der Waals surface area contributed by atoms with Crippen LogP contribution in [0.2, 0.25) is 0 Å². The van der Waals surface area contributed by atoms with Crippen LogP contribution in [-0.2, 0) is 6.61 Å². The number of fused-ring (bicyclic) bond motifs is 1. The number of Topliss-reactive ketones (excluding diaryl/α,β-unsaturated/α-hetero) is 1. The Labute approximate surface area is 154 Å². The Morgan fingerprint density at radius 2 is 1.88 bits per heavy atom. The lowest BCUT2D eigenvalue weighted by Crippen LogP contribution is -2.36. The number of carbonyl (C=O) groups excluding carboxylic acids is 1. The van der Waals surface area contributed by atoms with E-state index >= 15 is 0 Å². The van der Waals surface area contributed by atoms with Crippen LogP contribution < -0.4 is 14.2 Å². The van der Waals surface area contributed by atoms with E-state index in [9.17, 15) is 4.79 Å². The van der Waals surface area contributed by atoms with Gasteiger partial charge in [-0.15, -0.1) is 0 Å². The molecule has 2 aliphatic rings. The van der Waals surface area contributed by atoms with E-state index in [0.717, 1.165) is 35.5 Å². The quantitative estimate of drug-likeness (QED) is 0.768. The minimum Gasteiger partial charge on any atom is -0.497 e. The summed E-state index contributed by atoms with van der Waals surface area (Å²) in [6, 6.07) is 11.8. The van der Waals surface area contributed by atoms with Crippen molar-refractivity contribution in [3.8, 4) is 17.2 Å². The average molecular weight is 352 g/mol. The van der Waals surface area contributed by atoms with Crippen molar-refractivity contribution in [2.75, 3.05) is 7.11 Å². The molecular formula is C22H24O4. The van der Waals surface area contributed by atoms with Crippen LogP contribution in [0.25, 0.3) is 0 Å². The normalized spacial score (nSPS) is 18.0. The van der Waals surface area contributed by atoms with Gasteiger partial charge in [-0.2, -0.15) is 0 Å². The van der Waals surface area contributed by atoms with Gasteiger partial charge in [0.2, 0.25) is 0 Å². The molecule has 0 atom stereocenters. The van der Waals surface area contributed by atoms with Crippen LogP contribution in [0.1, 0.15) is 60.5 Å². The molecule has 1 saturated carbocycles. The van der Waals surface area contributed by atoms with Gasteiger partial charge in [0.1, 0.15) is 29.5 Å². The van der Waals surface area contributed by atoms with Gasteiger partial charge in [0.25, 0.3) is 0 Å². The van der Waals surface area contributed by atoms with Crippen molar-refractivity contribution in [3.63, 3.8) is 0 Å². The molecule has 0 amide bonds. The molecule has 1 fully saturated rings. The molecule has 0 N–H and O–H groups in total. The van der Waals surface area contributed by atoms with Crippen LogP contribution in [0, 0.1) is 0 Å². The highest BCUT2D eigenvalue weighted by molar-refractivity contribution is 6.00. The summed E-state index contributed by atoms with van der Waals surface area (Å²) in [4.78, 5) is 12.5. The minimum atomic E-state index is -0.474. The largest absolute Gasteiger partial charge is 0.497 e. The second-order valence-corrected chi connectivity index (χ2v) is 7.76. The predicted octanol–water partition coefficient (Wildman–Crippen LogP) is 4.90. The van der Waals surface area contributed by atoms with Gasteiger partial charge in [-0.05, 0) is 61.9 Å². The molecule has 1 heterocycles. The summed E-state index contributed by atoms with van der Waals surface area (Å²) < 4.78 is 17.4. The molecule has 4 nitrogen and oxygen atoms in total. The molecule has 0 spiro atoms. The third kappa shape index (κ3) is 3.41. The van der Waals surface area contributed by atoms with Gasteiger partial charge in [0.15, 0.2) is 5.78 Å². The van der Waals surface area contributed by atoms with E-state index < -0.39 is 5.60 Å². The van der Waals surface area contributed by atoms with Crippen molar-refractivity contribution in [1.82, 2.24) is 0 Å². The highest BCUT2D eigenvalue weighted by Gasteiger charge is 2.35. The van der Waals surface area contributed by atoms with E-state index in [4.69, 9.17) is 14.2 Å². The number of carbonyl (C=O) groups is 1. The van der Waals surface area contributed by atoms with Crippen LogP contribution in [0.15, 0.2) is 36.4 Å². The zero-order valence-corrected chi connectivity index (χ0v) is 15.5. The Balaban J connectivity index is 1.61. The Morgan fingerprint density at radius 1 is 1.15 bits per heavy atom. The molecule has 0 unspecified atom stereocenters. The summed E-state index contributed by atoms with van der Waals surface area (Å²) >= 11 is 0. The zero-order chi connectivity index (χ0) is 18.3. The maximum Gasteiger partial charge on any atom is 0.170 e. The first-order valence-electron chi connectivity index (χ1n) is 9.11. The first kappa shape index (κ1) is 17.0. The van der Waals surface area contributed by atoms with E-state index in [0.29, 0.717) is 30.3 Å². The molecular weight excluding hydrogens is 328 g/mol. The van der Waals surface area contributed by atoms with Crippen LogP contribution >= 0.6 is 0 Å². The number of hydrogen-bond acceptors (Lipinski definition) is 4. The average Bonchev–Trinajstić information content (AvgIpc) is 3.43. The fourth-order valence-corrected chi connectivity index (χ4v) is 3.42. The fourth-order valence-electron chi connectivity index (χ4n) is 3.42. The summed E-state index contributed by atoms with van der Waals surface area (Å²) in [6.45, 7) is 4.36. The highest BCUT2D eigenvalue weighted by Crippen LogP contribution is 2.48. The van der Waals surface area contributed by atoms with Gasteiger partial charge in [0.05, 0.1) is 19.1 Å². The number of hydrogen-bond donors (Lipinski definition) is 0. The predicted molar refractivity (Wildman–Crippen MR) is 99.4 cm³/mol. The van der Waals surface area contributed by atoms with E-state index in [1.165, 1.54) is 0 Å².